The summed E-state index contributed by atoms with van der Waals surface area (Å²) in [6, 6.07) is 25.8. The summed E-state index contributed by atoms with van der Waals surface area (Å²) in [5.74, 6) is 0.195. The van der Waals surface area contributed by atoms with E-state index in [0.717, 1.165) is 48.0 Å². The van der Waals surface area contributed by atoms with Crippen LogP contribution < -0.4 is 10.2 Å². The predicted molar refractivity (Wildman–Crippen MR) is 158 cm³/mol. The van der Waals surface area contributed by atoms with Crippen molar-refractivity contribution in [2.75, 3.05) is 32.1 Å². The van der Waals surface area contributed by atoms with Crippen molar-refractivity contribution in [1.82, 2.24) is 15.2 Å². The van der Waals surface area contributed by atoms with Gasteiger partial charge in [-0.3, -0.25) is 9.59 Å². The molecule has 0 saturated heterocycles. The van der Waals surface area contributed by atoms with Gasteiger partial charge < -0.3 is 20.1 Å². The molecule has 1 aliphatic rings. The quantitative estimate of drug-likeness (QED) is 0.309. The average molecular weight is 523 g/mol. The van der Waals surface area contributed by atoms with Crippen molar-refractivity contribution >= 4 is 28.4 Å². The van der Waals surface area contributed by atoms with Crippen molar-refractivity contribution in [3.63, 3.8) is 0 Å². The lowest BCUT2D eigenvalue weighted by molar-refractivity contribution is -0.127. The number of nitrogens with one attached hydrogen (secondary N) is 2. The number of hydrogen-bond acceptors (Lipinski definition) is 3. The first kappa shape index (κ1) is 26.7. The third-order valence-corrected chi connectivity index (χ3v) is 7.57. The molecule has 1 aromatic heterocycles. The summed E-state index contributed by atoms with van der Waals surface area (Å²) in [5, 5.41) is 4.22. The smallest absolute Gasteiger partial charge is 0.249 e. The number of carbonyl (C=O) groups is 2. The molecular weight excluding hydrogens is 484 g/mol. The fourth-order valence-electron chi connectivity index (χ4n) is 5.80. The second-order valence-corrected chi connectivity index (χ2v) is 10.9. The molecule has 1 unspecified atom stereocenters. The van der Waals surface area contributed by atoms with Gasteiger partial charge in [-0.15, -0.1) is 0 Å². The first-order valence-electron chi connectivity index (χ1n) is 13.9. The number of amides is 2. The van der Waals surface area contributed by atoms with Crippen LogP contribution >= 0.6 is 0 Å². The molecular formula is C33H38N4O2. The van der Waals surface area contributed by atoms with E-state index in [-0.39, 0.29) is 11.8 Å². The van der Waals surface area contributed by atoms with Crippen LogP contribution in [0.2, 0.25) is 0 Å². The van der Waals surface area contributed by atoms with Crippen LogP contribution in [0, 0.1) is 5.92 Å². The van der Waals surface area contributed by atoms with Crippen molar-refractivity contribution in [1.29, 1.82) is 0 Å². The Morgan fingerprint density at radius 1 is 1.00 bits per heavy atom. The fraction of sp³-hybridized carbons (Fsp3) is 0.333. The van der Waals surface area contributed by atoms with Crippen molar-refractivity contribution in [3.05, 3.63) is 102 Å². The number of aryl methyl sites for hydroxylation is 1. The van der Waals surface area contributed by atoms with Gasteiger partial charge in [0.05, 0.1) is 0 Å². The van der Waals surface area contributed by atoms with Crippen molar-refractivity contribution < 1.29 is 9.59 Å². The number of aromatic amines is 1. The molecule has 39 heavy (non-hydrogen) atoms. The molecule has 2 heterocycles. The summed E-state index contributed by atoms with van der Waals surface area (Å²) in [6.07, 6.45) is 5.29. The van der Waals surface area contributed by atoms with Crippen LogP contribution in [0.3, 0.4) is 0 Å². The molecule has 0 bridgehead atoms. The molecule has 6 nitrogen and oxygen atoms in total. The molecule has 6 heteroatoms. The van der Waals surface area contributed by atoms with Gasteiger partial charge in [0.2, 0.25) is 11.8 Å². The SMILES string of the molecule is CN(C)CC1Cc2ccccc2N(C(=O)[C@@H](Cc2c[nH]c3ccccc23)NC(=O)CCCc2ccccc2)C1. The minimum atomic E-state index is -0.653. The van der Waals surface area contributed by atoms with Crippen LogP contribution in [0.5, 0.6) is 0 Å². The van der Waals surface area contributed by atoms with Crippen LogP contribution in [0.25, 0.3) is 10.9 Å². The Hall–Kier alpha value is -3.90. The fourth-order valence-corrected chi connectivity index (χ4v) is 5.80. The molecule has 0 aliphatic carbocycles. The van der Waals surface area contributed by atoms with E-state index >= 15 is 0 Å². The minimum absolute atomic E-state index is 0.0485. The number of nitrogens with zero attached hydrogens (tertiary/aromatic N) is 2. The molecule has 202 valence electrons. The molecule has 5 rings (SSSR count). The van der Waals surface area contributed by atoms with E-state index in [0.29, 0.717) is 25.3 Å². The van der Waals surface area contributed by atoms with Gasteiger partial charge in [-0.2, -0.15) is 0 Å². The average Bonchev–Trinajstić information content (AvgIpc) is 3.35. The van der Waals surface area contributed by atoms with Crippen molar-refractivity contribution in [3.8, 4) is 0 Å². The molecule has 0 spiro atoms. The molecule has 2 N–H and O–H groups in total. The third kappa shape index (κ3) is 6.58. The van der Waals surface area contributed by atoms with Gasteiger partial charge in [-0.25, -0.2) is 0 Å². The second-order valence-electron chi connectivity index (χ2n) is 10.9. The highest BCUT2D eigenvalue weighted by Gasteiger charge is 2.33. The highest BCUT2D eigenvalue weighted by atomic mass is 16.2. The van der Waals surface area contributed by atoms with E-state index in [1.165, 1.54) is 11.1 Å². The van der Waals surface area contributed by atoms with E-state index in [1.807, 2.05) is 65.7 Å². The van der Waals surface area contributed by atoms with Crippen LogP contribution in [0.1, 0.15) is 29.5 Å². The molecule has 3 aromatic carbocycles. The number of benzene rings is 3. The molecule has 0 fully saturated rings. The summed E-state index contributed by atoms with van der Waals surface area (Å²) in [6.45, 7) is 1.54. The third-order valence-electron chi connectivity index (χ3n) is 7.57. The van der Waals surface area contributed by atoms with E-state index < -0.39 is 6.04 Å². The lowest BCUT2D eigenvalue weighted by Crippen LogP contribution is -2.53. The number of anilines is 1. The number of fused-ring (bicyclic) bond motifs is 2. The van der Waals surface area contributed by atoms with Gasteiger partial charge in [0.25, 0.3) is 0 Å². The van der Waals surface area contributed by atoms with Gasteiger partial charge in [0.15, 0.2) is 0 Å². The highest BCUT2D eigenvalue weighted by Crippen LogP contribution is 2.31. The van der Waals surface area contributed by atoms with E-state index in [4.69, 9.17) is 0 Å². The first-order valence-corrected chi connectivity index (χ1v) is 13.9. The lowest BCUT2D eigenvalue weighted by atomic mass is 9.91. The predicted octanol–water partition coefficient (Wildman–Crippen LogP) is 4.99. The van der Waals surface area contributed by atoms with E-state index in [2.05, 4.69) is 53.6 Å². The molecule has 0 saturated carbocycles. The summed E-state index contributed by atoms with van der Waals surface area (Å²) in [4.78, 5) is 34.9. The number of aromatic nitrogens is 1. The number of carbonyl (C=O) groups excluding carboxylic acids is 2. The maximum absolute atomic E-state index is 14.3. The topological polar surface area (TPSA) is 68.4 Å². The molecule has 2 amide bonds. The van der Waals surface area contributed by atoms with Crippen LogP contribution in [-0.2, 0) is 28.9 Å². The van der Waals surface area contributed by atoms with Gasteiger partial charge in [-0.05, 0) is 68.1 Å². The Morgan fingerprint density at radius 2 is 1.74 bits per heavy atom. The number of H-pyrrole nitrogens is 1. The van der Waals surface area contributed by atoms with Crippen molar-refractivity contribution in [2.24, 2.45) is 5.92 Å². The molecule has 4 aromatic rings. The Morgan fingerprint density at radius 3 is 2.56 bits per heavy atom. The van der Waals surface area contributed by atoms with Crippen molar-refractivity contribution in [2.45, 2.75) is 38.1 Å². The lowest BCUT2D eigenvalue weighted by Gasteiger charge is -2.37. The Balaban J connectivity index is 1.37. The van der Waals surface area contributed by atoms with Gasteiger partial charge in [0, 0.05) is 48.7 Å². The zero-order valence-corrected chi connectivity index (χ0v) is 22.9. The Bertz CT molecular complexity index is 1410. The molecule has 0 radical (unpaired) electrons. The zero-order valence-electron chi connectivity index (χ0n) is 22.9. The van der Waals surface area contributed by atoms with Gasteiger partial charge in [0.1, 0.15) is 6.04 Å². The van der Waals surface area contributed by atoms with Gasteiger partial charge >= 0.3 is 0 Å². The van der Waals surface area contributed by atoms with E-state index in [1.54, 1.807) is 0 Å². The van der Waals surface area contributed by atoms with Crippen LogP contribution in [0.4, 0.5) is 5.69 Å². The van der Waals surface area contributed by atoms with E-state index in [9.17, 15) is 9.59 Å². The normalized spacial score (nSPS) is 15.8. The number of hydrogen-bond donors (Lipinski definition) is 2. The monoisotopic (exact) mass is 522 g/mol. The van der Waals surface area contributed by atoms with Crippen LogP contribution in [-0.4, -0.2) is 54.9 Å². The number of para-hydroxylation sites is 2. The Labute approximate surface area is 231 Å². The summed E-state index contributed by atoms with van der Waals surface area (Å²) >= 11 is 0. The molecule has 1 aliphatic heterocycles. The second kappa shape index (κ2) is 12.3. The Kier molecular flexibility index (Phi) is 8.42. The van der Waals surface area contributed by atoms with Gasteiger partial charge in [-0.1, -0.05) is 66.7 Å². The standard InChI is InChI=1S/C33H38N4O2/c1-36(2)22-25-19-26-14-6-9-17-31(26)37(23-25)33(39)30(20-27-21-34-29-16-8-7-15-28(27)29)35-32(38)18-10-13-24-11-4-3-5-12-24/h3-9,11-12,14-17,21,25,30,34H,10,13,18-20,22-23H2,1-2H3,(H,35,38)/t25?,30-/m1/s1. The number of rotatable bonds is 10. The maximum Gasteiger partial charge on any atom is 0.249 e. The molecule has 2 atom stereocenters. The summed E-state index contributed by atoms with van der Waals surface area (Å²) in [5.41, 5.74) is 5.42. The highest BCUT2D eigenvalue weighted by molar-refractivity contribution is 6.00. The minimum Gasteiger partial charge on any atom is -0.361 e. The zero-order chi connectivity index (χ0) is 27.2. The first-order chi connectivity index (χ1) is 19.0. The van der Waals surface area contributed by atoms with Crippen LogP contribution in [0.15, 0.2) is 85.1 Å². The maximum atomic E-state index is 14.3. The summed E-state index contributed by atoms with van der Waals surface area (Å²) in [7, 11) is 4.14. The largest absolute Gasteiger partial charge is 0.361 e. The summed E-state index contributed by atoms with van der Waals surface area (Å²) < 4.78 is 0.